The molecule has 0 unspecified atom stereocenters. The Labute approximate surface area is 179 Å². The maximum atomic E-state index is 11.3. The topological polar surface area (TPSA) is 26.3 Å². The van der Waals surface area contributed by atoms with Gasteiger partial charge in [0.2, 0.25) is 0 Å². The van der Waals surface area contributed by atoms with E-state index in [0.29, 0.717) is 12.2 Å². The largest absolute Gasteiger partial charge is 0.462 e. The van der Waals surface area contributed by atoms with Crippen LogP contribution < -0.4 is 0 Å². The van der Waals surface area contributed by atoms with Crippen molar-refractivity contribution in [1.29, 1.82) is 0 Å². The van der Waals surface area contributed by atoms with Crippen molar-refractivity contribution in [3.8, 4) is 0 Å². The standard InChI is InChI=1S/C26H30O2S/c1-20(2)26(27)28-17-6-3-7-18-29-25-15-13-22(14-16-25)24-12-8-11-21-9-4-5-10-23(21)19-24/h4-5,9-10,13-16,19H,1,3,6-8,11-12,17-18H2,2H3. The van der Waals surface area contributed by atoms with E-state index in [4.69, 9.17) is 4.74 Å². The fraction of sp³-hybridized carbons (Fsp3) is 0.346. The molecule has 0 N–H and O–H groups in total. The minimum Gasteiger partial charge on any atom is -0.462 e. The van der Waals surface area contributed by atoms with Gasteiger partial charge in [0.25, 0.3) is 0 Å². The smallest absolute Gasteiger partial charge is 0.333 e. The van der Waals surface area contributed by atoms with Gasteiger partial charge in [0, 0.05) is 10.5 Å². The molecule has 29 heavy (non-hydrogen) atoms. The first-order chi connectivity index (χ1) is 14.1. The molecule has 0 heterocycles. The molecule has 0 fully saturated rings. The van der Waals surface area contributed by atoms with E-state index < -0.39 is 0 Å². The summed E-state index contributed by atoms with van der Waals surface area (Å²) in [6, 6.07) is 17.8. The van der Waals surface area contributed by atoms with E-state index in [9.17, 15) is 4.79 Å². The quantitative estimate of drug-likeness (QED) is 0.195. The van der Waals surface area contributed by atoms with E-state index in [0.717, 1.165) is 37.9 Å². The summed E-state index contributed by atoms with van der Waals surface area (Å²) in [5.74, 6) is 0.802. The van der Waals surface area contributed by atoms with Gasteiger partial charge in [-0.05, 0) is 85.6 Å². The lowest BCUT2D eigenvalue weighted by Gasteiger charge is -2.08. The second-order valence-corrected chi connectivity index (χ2v) is 8.74. The molecule has 0 aromatic heterocycles. The molecule has 2 aromatic carbocycles. The van der Waals surface area contributed by atoms with Crippen molar-refractivity contribution >= 4 is 29.4 Å². The highest BCUT2D eigenvalue weighted by Gasteiger charge is 2.10. The normalized spacial score (nSPS) is 13.2. The average molecular weight is 407 g/mol. The van der Waals surface area contributed by atoms with Gasteiger partial charge in [0.15, 0.2) is 0 Å². The van der Waals surface area contributed by atoms with Gasteiger partial charge in [-0.25, -0.2) is 4.79 Å². The van der Waals surface area contributed by atoms with Gasteiger partial charge < -0.3 is 4.74 Å². The third-order valence-corrected chi connectivity index (χ3v) is 6.24. The number of esters is 1. The molecule has 0 bridgehead atoms. The summed E-state index contributed by atoms with van der Waals surface area (Å²) >= 11 is 1.90. The molecule has 0 saturated heterocycles. The maximum absolute atomic E-state index is 11.3. The highest BCUT2D eigenvalue weighted by atomic mass is 32.2. The highest BCUT2D eigenvalue weighted by molar-refractivity contribution is 7.99. The van der Waals surface area contributed by atoms with E-state index in [-0.39, 0.29) is 5.97 Å². The highest BCUT2D eigenvalue weighted by Crippen LogP contribution is 2.30. The first kappa shape index (κ1) is 21.4. The van der Waals surface area contributed by atoms with Crippen molar-refractivity contribution in [2.24, 2.45) is 0 Å². The Hall–Kier alpha value is -2.26. The molecule has 2 aromatic rings. The number of rotatable bonds is 9. The molecule has 3 rings (SSSR count). The average Bonchev–Trinajstić information content (AvgIpc) is 2.95. The number of allylic oxidation sites excluding steroid dienone is 1. The van der Waals surface area contributed by atoms with E-state index >= 15 is 0 Å². The summed E-state index contributed by atoms with van der Waals surface area (Å²) < 4.78 is 5.12. The minimum atomic E-state index is -0.285. The van der Waals surface area contributed by atoms with Crippen LogP contribution in [0.2, 0.25) is 0 Å². The zero-order valence-electron chi connectivity index (χ0n) is 17.3. The first-order valence-corrected chi connectivity index (χ1v) is 11.5. The van der Waals surface area contributed by atoms with Gasteiger partial charge in [-0.15, -0.1) is 11.8 Å². The van der Waals surface area contributed by atoms with Gasteiger partial charge in [0.1, 0.15) is 0 Å². The van der Waals surface area contributed by atoms with Gasteiger partial charge in [0.05, 0.1) is 6.61 Å². The predicted molar refractivity (Wildman–Crippen MR) is 124 cm³/mol. The van der Waals surface area contributed by atoms with Gasteiger partial charge >= 0.3 is 5.97 Å². The second-order valence-electron chi connectivity index (χ2n) is 7.57. The van der Waals surface area contributed by atoms with Crippen molar-refractivity contribution in [2.75, 3.05) is 12.4 Å². The summed E-state index contributed by atoms with van der Waals surface area (Å²) in [7, 11) is 0. The second kappa shape index (κ2) is 11.1. The lowest BCUT2D eigenvalue weighted by molar-refractivity contribution is -0.139. The molecule has 2 nitrogen and oxygen atoms in total. The third kappa shape index (κ3) is 6.64. The summed E-state index contributed by atoms with van der Waals surface area (Å²) in [5.41, 5.74) is 6.07. The molecular weight excluding hydrogens is 376 g/mol. The van der Waals surface area contributed by atoms with Crippen molar-refractivity contribution in [3.63, 3.8) is 0 Å². The van der Waals surface area contributed by atoms with Crippen molar-refractivity contribution in [3.05, 3.63) is 77.4 Å². The zero-order chi connectivity index (χ0) is 20.5. The van der Waals surface area contributed by atoms with E-state index in [2.05, 4.69) is 61.2 Å². The number of thioether (sulfide) groups is 1. The fourth-order valence-corrected chi connectivity index (χ4v) is 4.40. The van der Waals surface area contributed by atoms with Crippen LogP contribution in [0.5, 0.6) is 0 Å². The number of carbonyl (C=O) groups is 1. The van der Waals surface area contributed by atoms with Crippen molar-refractivity contribution in [1.82, 2.24) is 0 Å². The predicted octanol–water partition coefficient (Wildman–Crippen LogP) is 6.95. The molecule has 1 aliphatic rings. The number of hydrogen-bond acceptors (Lipinski definition) is 3. The molecule has 0 radical (unpaired) electrons. The van der Waals surface area contributed by atoms with Crippen LogP contribution in [-0.2, 0) is 16.0 Å². The van der Waals surface area contributed by atoms with Crippen LogP contribution in [0, 0.1) is 0 Å². The summed E-state index contributed by atoms with van der Waals surface area (Å²) in [4.78, 5) is 12.6. The van der Waals surface area contributed by atoms with Crippen LogP contribution in [0.15, 0.2) is 65.6 Å². The van der Waals surface area contributed by atoms with Gasteiger partial charge in [-0.2, -0.15) is 0 Å². The molecular formula is C26H30O2S. The number of hydrogen-bond donors (Lipinski definition) is 0. The third-order valence-electron chi connectivity index (χ3n) is 5.14. The van der Waals surface area contributed by atoms with E-state index in [1.54, 1.807) is 6.92 Å². The number of ether oxygens (including phenoxy) is 1. The van der Waals surface area contributed by atoms with E-state index in [1.165, 1.54) is 33.6 Å². The van der Waals surface area contributed by atoms with Gasteiger partial charge in [-0.1, -0.05) is 49.1 Å². The lowest BCUT2D eigenvalue weighted by Crippen LogP contribution is -2.06. The van der Waals surface area contributed by atoms with Crippen LogP contribution in [-0.4, -0.2) is 18.3 Å². The number of unbranched alkanes of at least 4 members (excludes halogenated alkanes) is 2. The molecule has 0 aliphatic heterocycles. The molecule has 0 amide bonds. The van der Waals surface area contributed by atoms with Crippen LogP contribution in [0.1, 0.15) is 55.7 Å². The van der Waals surface area contributed by atoms with Gasteiger partial charge in [-0.3, -0.25) is 0 Å². The Bertz CT molecular complexity index is 865. The summed E-state index contributed by atoms with van der Waals surface area (Å²) in [6.07, 6.45) is 8.98. The maximum Gasteiger partial charge on any atom is 0.333 e. The van der Waals surface area contributed by atoms with Crippen LogP contribution in [0.3, 0.4) is 0 Å². The van der Waals surface area contributed by atoms with Crippen LogP contribution in [0.4, 0.5) is 0 Å². The van der Waals surface area contributed by atoms with Crippen LogP contribution in [0.25, 0.3) is 11.6 Å². The Morgan fingerprint density at radius 3 is 2.62 bits per heavy atom. The summed E-state index contributed by atoms with van der Waals surface area (Å²) in [5, 5.41) is 0. The summed E-state index contributed by atoms with van der Waals surface area (Å²) in [6.45, 7) is 5.75. The molecule has 0 saturated carbocycles. The number of aryl methyl sites for hydroxylation is 1. The first-order valence-electron chi connectivity index (χ1n) is 10.5. The number of benzene rings is 2. The van der Waals surface area contributed by atoms with Crippen molar-refractivity contribution in [2.45, 2.75) is 50.3 Å². The number of carbonyl (C=O) groups excluding carboxylic acids is 1. The number of fused-ring (bicyclic) bond motifs is 1. The Kier molecular flexibility index (Phi) is 8.18. The monoisotopic (exact) mass is 406 g/mol. The fourth-order valence-electron chi connectivity index (χ4n) is 3.48. The minimum absolute atomic E-state index is 0.285. The molecule has 0 atom stereocenters. The lowest BCUT2D eigenvalue weighted by atomic mass is 10.0. The van der Waals surface area contributed by atoms with E-state index in [1.807, 2.05) is 11.8 Å². The molecule has 152 valence electrons. The molecule has 0 spiro atoms. The zero-order valence-corrected chi connectivity index (χ0v) is 18.1. The Morgan fingerprint density at radius 2 is 1.83 bits per heavy atom. The molecule has 1 aliphatic carbocycles. The SMILES string of the molecule is C=C(C)C(=O)OCCCCCSc1ccc(C2=Cc3ccccc3CCC2)cc1. The molecule has 3 heteroatoms. The van der Waals surface area contributed by atoms with Crippen LogP contribution >= 0.6 is 11.8 Å². The Balaban J connectivity index is 1.43. The Morgan fingerprint density at radius 1 is 1.03 bits per heavy atom. The van der Waals surface area contributed by atoms with Crippen molar-refractivity contribution < 1.29 is 9.53 Å².